The molecule has 1 aliphatic carbocycles. The van der Waals surface area contributed by atoms with Crippen molar-refractivity contribution >= 4 is 11.9 Å². The van der Waals surface area contributed by atoms with E-state index in [0.717, 1.165) is 5.56 Å². The molecule has 7 nitrogen and oxygen atoms in total. The van der Waals surface area contributed by atoms with Crippen molar-refractivity contribution in [2.75, 3.05) is 26.7 Å². The maximum atomic E-state index is 13.2. The molecule has 3 aliphatic rings. The van der Waals surface area contributed by atoms with Crippen LogP contribution in [0.4, 0.5) is 13.2 Å². The summed E-state index contributed by atoms with van der Waals surface area (Å²) in [5.41, 5.74) is -1.36. The molecule has 0 bridgehead atoms. The molecule has 1 saturated carbocycles. The van der Waals surface area contributed by atoms with Gasteiger partial charge in [-0.15, -0.1) is 0 Å². The number of morpholine rings is 1. The van der Waals surface area contributed by atoms with E-state index in [-0.39, 0.29) is 13.0 Å². The molecule has 0 radical (unpaired) electrons. The largest absolute Gasteiger partial charge is 0.497 e. The molecule has 2 aliphatic heterocycles. The maximum absolute atomic E-state index is 13.2. The lowest BCUT2D eigenvalue weighted by molar-refractivity contribution is -0.217. The normalized spacial score (nSPS) is 27.9. The second-order valence-electron chi connectivity index (χ2n) is 8.03. The molecule has 2 saturated heterocycles. The molecule has 1 N–H and O–H groups in total. The summed E-state index contributed by atoms with van der Waals surface area (Å²) in [5, 5.41) is 3.22. The molecule has 4 rings (SSSR count). The van der Waals surface area contributed by atoms with Gasteiger partial charge in [-0.3, -0.25) is 4.79 Å². The number of methoxy groups -OCH3 is 1. The second kappa shape index (κ2) is 7.42. The van der Waals surface area contributed by atoms with Gasteiger partial charge in [-0.05, 0) is 43.6 Å². The Morgan fingerprint density at radius 1 is 1.27 bits per heavy atom. The van der Waals surface area contributed by atoms with Gasteiger partial charge in [-0.2, -0.15) is 13.2 Å². The highest BCUT2D eigenvalue weighted by Crippen LogP contribution is 2.52. The fraction of sp³-hybridized carbons (Fsp3) is 0.600. The molecule has 3 fully saturated rings. The number of benzene rings is 1. The topological polar surface area (TPSA) is 77.1 Å². The highest BCUT2D eigenvalue weighted by Gasteiger charge is 2.71. The first-order valence-corrected chi connectivity index (χ1v) is 9.78. The number of rotatable bonds is 4. The van der Waals surface area contributed by atoms with Crippen molar-refractivity contribution in [3.63, 3.8) is 0 Å². The van der Waals surface area contributed by atoms with E-state index in [1.165, 1.54) is 0 Å². The number of esters is 1. The van der Waals surface area contributed by atoms with Gasteiger partial charge in [0.1, 0.15) is 11.9 Å². The van der Waals surface area contributed by atoms with Crippen LogP contribution in [-0.2, 0) is 25.6 Å². The monoisotopic (exact) mass is 428 g/mol. The SMILES string of the molecule is COc1ccc(CN2CC3(CCNCC3)OC3(CC3OC(=O)C(F)(F)F)C2=O)cc1. The zero-order valence-electron chi connectivity index (χ0n) is 16.5. The van der Waals surface area contributed by atoms with E-state index in [0.29, 0.717) is 38.2 Å². The van der Waals surface area contributed by atoms with Crippen LogP contribution in [0.2, 0.25) is 0 Å². The van der Waals surface area contributed by atoms with Gasteiger partial charge in [-0.25, -0.2) is 4.79 Å². The first kappa shape index (κ1) is 20.9. The smallest absolute Gasteiger partial charge is 0.490 e. The van der Waals surface area contributed by atoms with Crippen LogP contribution in [0.25, 0.3) is 0 Å². The predicted octanol–water partition coefficient (Wildman–Crippen LogP) is 1.79. The van der Waals surface area contributed by atoms with Crippen LogP contribution in [0, 0.1) is 0 Å². The number of hydrogen-bond donors (Lipinski definition) is 1. The number of alkyl halides is 3. The lowest BCUT2D eigenvalue weighted by Gasteiger charge is -2.48. The van der Waals surface area contributed by atoms with Crippen molar-refractivity contribution in [2.45, 2.75) is 49.3 Å². The Hall–Kier alpha value is -2.33. The Balaban J connectivity index is 1.56. The van der Waals surface area contributed by atoms with Crippen molar-refractivity contribution < 1.29 is 37.0 Å². The summed E-state index contributed by atoms with van der Waals surface area (Å²) in [4.78, 5) is 26.1. The summed E-state index contributed by atoms with van der Waals surface area (Å²) in [6.07, 6.45) is -5.19. The fourth-order valence-electron chi connectivity index (χ4n) is 4.25. The average Bonchev–Trinajstić information content (AvgIpc) is 3.38. The van der Waals surface area contributed by atoms with Crippen LogP contribution in [0.5, 0.6) is 5.75 Å². The highest BCUT2D eigenvalue weighted by molar-refractivity contribution is 5.91. The van der Waals surface area contributed by atoms with Crippen molar-refractivity contribution in [3.05, 3.63) is 29.8 Å². The summed E-state index contributed by atoms with van der Waals surface area (Å²) < 4.78 is 53.8. The molecule has 164 valence electrons. The highest BCUT2D eigenvalue weighted by atomic mass is 19.4. The van der Waals surface area contributed by atoms with Crippen molar-refractivity contribution in [1.29, 1.82) is 0 Å². The minimum absolute atomic E-state index is 0.0675. The van der Waals surface area contributed by atoms with E-state index in [1.54, 1.807) is 24.1 Å². The van der Waals surface area contributed by atoms with E-state index < -0.39 is 35.4 Å². The number of hydrogen-bond acceptors (Lipinski definition) is 6. The molecule has 2 atom stereocenters. The number of ether oxygens (including phenoxy) is 3. The molecule has 1 aromatic carbocycles. The van der Waals surface area contributed by atoms with E-state index in [2.05, 4.69) is 10.1 Å². The van der Waals surface area contributed by atoms with Gasteiger partial charge in [-0.1, -0.05) is 12.1 Å². The first-order valence-electron chi connectivity index (χ1n) is 9.78. The van der Waals surface area contributed by atoms with Crippen LogP contribution >= 0.6 is 0 Å². The molecular weight excluding hydrogens is 405 g/mol. The molecule has 2 unspecified atom stereocenters. The number of halogens is 3. The Morgan fingerprint density at radius 3 is 2.53 bits per heavy atom. The Morgan fingerprint density at radius 2 is 1.93 bits per heavy atom. The number of nitrogens with one attached hydrogen (secondary N) is 1. The minimum atomic E-state index is -5.11. The maximum Gasteiger partial charge on any atom is 0.490 e. The molecule has 10 heteroatoms. The Labute approximate surface area is 171 Å². The Kier molecular flexibility index (Phi) is 5.17. The van der Waals surface area contributed by atoms with Gasteiger partial charge in [0.05, 0.1) is 19.3 Å². The molecular formula is C20H23F3N2O5. The average molecular weight is 428 g/mol. The quantitative estimate of drug-likeness (QED) is 0.737. The van der Waals surface area contributed by atoms with Crippen molar-refractivity contribution in [3.8, 4) is 5.75 Å². The van der Waals surface area contributed by atoms with E-state index in [1.807, 2.05) is 12.1 Å². The van der Waals surface area contributed by atoms with Crippen molar-refractivity contribution in [2.24, 2.45) is 0 Å². The van der Waals surface area contributed by atoms with E-state index in [9.17, 15) is 22.8 Å². The summed E-state index contributed by atoms with van der Waals surface area (Å²) in [5.74, 6) is -2.06. The van der Waals surface area contributed by atoms with Crippen LogP contribution in [0.1, 0.15) is 24.8 Å². The third-order valence-electron chi connectivity index (χ3n) is 5.90. The van der Waals surface area contributed by atoms with Gasteiger partial charge in [0, 0.05) is 13.0 Å². The predicted molar refractivity (Wildman–Crippen MR) is 97.6 cm³/mol. The van der Waals surface area contributed by atoms with Gasteiger partial charge in [0.2, 0.25) is 0 Å². The molecule has 2 spiro atoms. The number of piperidine rings is 1. The zero-order valence-corrected chi connectivity index (χ0v) is 16.5. The number of carbonyl (C=O) groups excluding carboxylic acids is 2. The summed E-state index contributed by atoms with van der Waals surface area (Å²) in [6, 6.07) is 7.22. The lowest BCUT2D eigenvalue weighted by atomic mass is 9.88. The fourth-order valence-corrected chi connectivity index (χ4v) is 4.25. The second-order valence-corrected chi connectivity index (χ2v) is 8.03. The number of carbonyl (C=O) groups is 2. The van der Waals surface area contributed by atoms with Crippen LogP contribution in [-0.4, -0.2) is 67.0 Å². The van der Waals surface area contributed by atoms with Gasteiger partial charge >= 0.3 is 12.1 Å². The number of amides is 1. The third-order valence-corrected chi connectivity index (χ3v) is 5.90. The molecule has 2 heterocycles. The summed E-state index contributed by atoms with van der Waals surface area (Å²) in [6.45, 7) is 1.96. The van der Waals surface area contributed by atoms with Gasteiger partial charge < -0.3 is 24.4 Å². The minimum Gasteiger partial charge on any atom is -0.497 e. The lowest BCUT2D eigenvalue weighted by Crippen LogP contribution is -2.63. The van der Waals surface area contributed by atoms with Crippen LogP contribution in [0.15, 0.2) is 24.3 Å². The molecule has 30 heavy (non-hydrogen) atoms. The van der Waals surface area contributed by atoms with Crippen LogP contribution in [0.3, 0.4) is 0 Å². The summed E-state index contributed by atoms with van der Waals surface area (Å²) >= 11 is 0. The van der Waals surface area contributed by atoms with Crippen LogP contribution < -0.4 is 10.1 Å². The Bertz CT molecular complexity index is 823. The van der Waals surface area contributed by atoms with E-state index >= 15 is 0 Å². The first-order chi connectivity index (χ1) is 14.2. The standard InChI is InChI=1S/C20H23F3N2O5/c1-28-14-4-2-13(3-5-14)11-25-12-18(6-8-24-9-7-18)30-19(16(25)26)10-15(19)29-17(27)20(21,22)23/h2-5,15,24H,6-12H2,1H3. The third kappa shape index (κ3) is 3.85. The molecule has 0 aromatic heterocycles. The number of nitrogens with zero attached hydrogens (tertiary/aromatic N) is 1. The zero-order chi connectivity index (χ0) is 21.6. The van der Waals surface area contributed by atoms with Gasteiger partial charge in [0.15, 0.2) is 5.60 Å². The van der Waals surface area contributed by atoms with Gasteiger partial charge in [0.25, 0.3) is 5.91 Å². The summed E-state index contributed by atoms with van der Waals surface area (Å²) in [7, 11) is 1.56. The van der Waals surface area contributed by atoms with Crippen molar-refractivity contribution in [1.82, 2.24) is 10.2 Å². The molecule has 1 aromatic rings. The molecule has 1 amide bonds. The van der Waals surface area contributed by atoms with E-state index in [4.69, 9.17) is 9.47 Å².